The van der Waals surface area contributed by atoms with Crippen molar-refractivity contribution in [2.45, 2.75) is 20.4 Å². The Morgan fingerprint density at radius 2 is 1.96 bits per heavy atom. The van der Waals surface area contributed by atoms with Crippen molar-refractivity contribution < 1.29 is 14.0 Å². The predicted octanol–water partition coefficient (Wildman–Crippen LogP) is 2.55. The SMILES string of the molecule is CCN(Cc1ccoc1)C(=O)NCCNC(=O)c1cccc(C)c1. The van der Waals surface area contributed by atoms with E-state index in [2.05, 4.69) is 10.6 Å². The van der Waals surface area contributed by atoms with Crippen molar-refractivity contribution in [2.75, 3.05) is 19.6 Å². The van der Waals surface area contributed by atoms with E-state index in [4.69, 9.17) is 4.42 Å². The van der Waals surface area contributed by atoms with Gasteiger partial charge in [0.2, 0.25) is 0 Å². The normalized spacial score (nSPS) is 10.2. The summed E-state index contributed by atoms with van der Waals surface area (Å²) in [6, 6.07) is 9.06. The predicted molar refractivity (Wildman–Crippen MR) is 91.7 cm³/mol. The standard InChI is InChI=1S/C18H23N3O3/c1-3-21(12-15-7-10-24-13-15)18(23)20-9-8-19-17(22)16-6-4-5-14(2)11-16/h4-7,10-11,13H,3,8-9,12H2,1-2H3,(H,19,22)(H,20,23). The van der Waals surface area contributed by atoms with Crippen molar-refractivity contribution in [3.63, 3.8) is 0 Å². The number of furan rings is 1. The van der Waals surface area contributed by atoms with Crippen LogP contribution in [0.5, 0.6) is 0 Å². The molecule has 3 amide bonds. The first-order chi connectivity index (χ1) is 11.6. The van der Waals surface area contributed by atoms with Gasteiger partial charge in [0.25, 0.3) is 5.91 Å². The molecule has 0 aliphatic rings. The number of aryl methyl sites for hydroxylation is 1. The molecule has 2 aromatic rings. The van der Waals surface area contributed by atoms with Crippen LogP contribution in [0.4, 0.5) is 4.79 Å². The smallest absolute Gasteiger partial charge is 0.317 e. The first-order valence-corrected chi connectivity index (χ1v) is 7.99. The maximum Gasteiger partial charge on any atom is 0.317 e. The molecular weight excluding hydrogens is 306 g/mol. The molecule has 0 atom stereocenters. The summed E-state index contributed by atoms with van der Waals surface area (Å²) in [5.41, 5.74) is 2.60. The maximum absolute atomic E-state index is 12.1. The molecule has 0 bridgehead atoms. The highest BCUT2D eigenvalue weighted by atomic mass is 16.3. The lowest BCUT2D eigenvalue weighted by Gasteiger charge is -2.20. The van der Waals surface area contributed by atoms with Gasteiger partial charge in [-0.1, -0.05) is 17.7 Å². The van der Waals surface area contributed by atoms with E-state index in [1.165, 1.54) is 0 Å². The average molecular weight is 329 g/mol. The van der Waals surface area contributed by atoms with Gasteiger partial charge in [-0.25, -0.2) is 4.79 Å². The van der Waals surface area contributed by atoms with Crippen molar-refractivity contribution >= 4 is 11.9 Å². The highest BCUT2D eigenvalue weighted by molar-refractivity contribution is 5.94. The summed E-state index contributed by atoms with van der Waals surface area (Å²) in [5.74, 6) is -0.140. The third-order valence-electron chi connectivity index (χ3n) is 3.59. The molecule has 0 saturated heterocycles. The Kier molecular flexibility index (Phi) is 6.42. The molecule has 2 N–H and O–H groups in total. The van der Waals surface area contributed by atoms with Gasteiger partial charge in [-0.3, -0.25) is 4.79 Å². The molecule has 0 radical (unpaired) electrons. The van der Waals surface area contributed by atoms with Crippen LogP contribution in [0, 0.1) is 6.92 Å². The first kappa shape index (κ1) is 17.6. The molecule has 0 aliphatic carbocycles. The number of nitrogens with one attached hydrogen (secondary N) is 2. The van der Waals surface area contributed by atoms with E-state index in [-0.39, 0.29) is 11.9 Å². The van der Waals surface area contributed by atoms with Gasteiger partial charge in [-0.15, -0.1) is 0 Å². The van der Waals surface area contributed by atoms with Gasteiger partial charge < -0.3 is 20.0 Å². The minimum atomic E-state index is -0.163. The third kappa shape index (κ3) is 5.15. The lowest BCUT2D eigenvalue weighted by Crippen LogP contribution is -2.42. The van der Waals surface area contributed by atoms with Crippen LogP contribution < -0.4 is 10.6 Å². The van der Waals surface area contributed by atoms with E-state index in [1.54, 1.807) is 23.5 Å². The second-order valence-corrected chi connectivity index (χ2v) is 5.50. The van der Waals surface area contributed by atoms with E-state index in [0.717, 1.165) is 11.1 Å². The summed E-state index contributed by atoms with van der Waals surface area (Å²) in [6.45, 7) is 5.69. The molecule has 24 heavy (non-hydrogen) atoms. The second kappa shape index (κ2) is 8.76. The van der Waals surface area contributed by atoms with Crippen LogP contribution in [0.2, 0.25) is 0 Å². The summed E-state index contributed by atoms with van der Waals surface area (Å²) in [7, 11) is 0. The molecule has 2 rings (SSSR count). The third-order valence-corrected chi connectivity index (χ3v) is 3.59. The quantitative estimate of drug-likeness (QED) is 0.767. The minimum absolute atomic E-state index is 0.140. The van der Waals surface area contributed by atoms with Gasteiger partial charge in [-0.05, 0) is 32.0 Å². The van der Waals surface area contributed by atoms with Gasteiger partial charge in [0, 0.05) is 30.8 Å². The number of hydrogen-bond acceptors (Lipinski definition) is 3. The zero-order chi connectivity index (χ0) is 17.4. The van der Waals surface area contributed by atoms with Gasteiger partial charge in [0.1, 0.15) is 0 Å². The lowest BCUT2D eigenvalue weighted by atomic mass is 10.1. The number of nitrogens with zero attached hydrogens (tertiary/aromatic N) is 1. The van der Waals surface area contributed by atoms with Crippen LogP contribution in [0.3, 0.4) is 0 Å². The molecular formula is C18H23N3O3. The lowest BCUT2D eigenvalue weighted by molar-refractivity contribution is 0.0953. The molecule has 1 aromatic carbocycles. The second-order valence-electron chi connectivity index (χ2n) is 5.50. The zero-order valence-corrected chi connectivity index (χ0v) is 14.0. The fourth-order valence-corrected chi connectivity index (χ4v) is 2.28. The number of hydrogen-bond donors (Lipinski definition) is 2. The van der Waals surface area contributed by atoms with Crippen molar-refractivity contribution in [1.82, 2.24) is 15.5 Å². The van der Waals surface area contributed by atoms with E-state index >= 15 is 0 Å². The van der Waals surface area contributed by atoms with E-state index in [1.807, 2.05) is 38.1 Å². The Bertz CT molecular complexity index is 668. The van der Waals surface area contributed by atoms with Crippen LogP contribution in [0.25, 0.3) is 0 Å². The molecule has 128 valence electrons. The van der Waals surface area contributed by atoms with Gasteiger partial charge in [0.05, 0.1) is 19.1 Å². The Labute approximate surface area is 141 Å². The molecule has 0 aliphatic heterocycles. The minimum Gasteiger partial charge on any atom is -0.472 e. The molecule has 1 aromatic heterocycles. The van der Waals surface area contributed by atoms with Gasteiger partial charge in [-0.2, -0.15) is 0 Å². The number of carbonyl (C=O) groups excluding carboxylic acids is 2. The topological polar surface area (TPSA) is 74.6 Å². The number of rotatable bonds is 7. The zero-order valence-electron chi connectivity index (χ0n) is 14.0. The Balaban J connectivity index is 1.72. The van der Waals surface area contributed by atoms with Crippen molar-refractivity contribution in [1.29, 1.82) is 0 Å². The van der Waals surface area contributed by atoms with Crippen LogP contribution in [0.1, 0.15) is 28.4 Å². The van der Waals surface area contributed by atoms with Crippen LogP contribution in [0.15, 0.2) is 47.3 Å². The number of benzene rings is 1. The molecule has 0 unspecified atom stereocenters. The fraction of sp³-hybridized carbons (Fsp3) is 0.333. The summed E-state index contributed by atoms with van der Waals surface area (Å²) < 4.78 is 5.01. The van der Waals surface area contributed by atoms with Crippen molar-refractivity contribution in [3.8, 4) is 0 Å². The molecule has 0 spiro atoms. The van der Waals surface area contributed by atoms with Gasteiger partial charge >= 0.3 is 6.03 Å². The first-order valence-electron chi connectivity index (χ1n) is 7.99. The van der Waals surface area contributed by atoms with Crippen LogP contribution in [-0.2, 0) is 6.54 Å². The Morgan fingerprint density at radius 3 is 2.62 bits per heavy atom. The maximum atomic E-state index is 12.1. The summed E-state index contributed by atoms with van der Waals surface area (Å²) in [4.78, 5) is 25.8. The van der Waals surface area contributed by atoms with Crippen LogP contribution >= 0.6 is 0 Å². The Morgan fingerprint density at radius 1 is 1.17 bits per heavy atom. The summed E-state index contributed by atoms with van der Waals surface area (Å²) in [6.07, 6.45) is 3.21. The van der Waals surface area contributed by atoms with Gasteiger partial charge in [0.15, 0.2) is 0 Å². The molecule has 6 nitrogen and oxygen atoms in total. The van der Waals surface area contributed by atoms with Crippen LogP contribution in [-0.4, -0.2) is 36.5 Å². The van der Waals surface area contributed by atoms with E-state index in [9.17, 15) is 9.59 Å². The molecule has 1 heterocycles. The fourth-order valence-electron chi connectivity index (χ4n) is 2.28. The highest BCUT2D eigenvalue weighted by Gasteiger charge is 2.12. The molecule has 0 fully saturated rings. The highest BCUT2D eigenvalue weighted by Crippen LogP contribution is 2.05. The Hall–Kier alpha value is -2.76. The monoisotopic (exact) mass is 329 g/mol. The average Bonchev–Trinajstić information content (AvgIpc) is 3.09. The summed E-state index contributed by atoms with van der Waals surface area (Å²) >= 11 is 0. The van der Waals surface area contributed by atoms with Crippen molar-refractivity contribution in [2.24, 2.45) is 0 Å². The number of amides is 3. The number of carbonyl (C=O) groups is 2. The number of urea groups is 1. The van der Waals surface area contributed by atoms with E-state index < -0.39 is 0 Å². The summed E-state index contributed by atoms with van der Waals surface area (Å²) in [5, 5.41) is 5.60. The van der Waals surface area contributed by atoms with E-state index in [0.29, 0.717) is 31.7 Å². The van der Waals surface area contributed by atoms with Crippen molar-refractivity contribution in [3.05, 3.63) is 59.5 Å². The largest absolute Gasteiger partial charge is 0.472 e. The molecule has 0 saturated carbocycles. The molecule has 6 heteroatoms.